The maximum atomic E-state index is 12.3. The van der Waals surface area contributed by atoms with Crippen molar-refractivity contribution in [2.45, 2.75) is 38.0 Å². The zero-order valence-corrected chi connectivity index (χ0v) is 13.4. The number of rotatable bonds is 3. The summed E-state index contributed by atoms with van der Waals surface area (Å²) in [4.78, 5) is 8.14. The Bertz CT molecular complexity index is 732. The molecule has 1 aromatic heterocycles. The van der Waals surface area contributed by atoms with Crippen molar-refractivity contribution >= 4 is 16.0 Å². The van der Waals surface area contributed by atoms with Crippen LogP contribution in [0, 0.1) is 6.92 Å². The molecule has 5 nitrogen and oxygen atoms in total. The fraction of sp³-hybridized carbons (Fsp3) is 0.333. The van der Waals surface area contributed by atoms with E-state index in [0.717, 1.165) is 5.56 Å². The first kappa shape index (κ1) is 15.4. The Morgan fingerprint density at radius 2 is 1.67 bits per heavy atom. The van der Waals surface area contributed by atoms with E-state index >= 15 is 0 Å². The third-order valence-corrected chi connectivity index (χ3v) is 4.40. The molecule has 2 rings (SSSR count). The van der Waals surface area contributed by atoms with Crippen molar-refractivity contribution in [3.8, 4) is 0 Å². The van der Waals surface area contributed by atoms with Gasteiger partial charge in [-0.25, -0.2) is 23.1 Å². The number of hydrogen-bond acceptors (Lipinski definition) is 4. The monoisotopic (exact) mass is 305 g/mol. The minimum absolute atomic E-state index is 0.0185. The average Bonchev–Trinajstić information content (AvgIpc) is 2.37. The van der Waals surface area contributed by atoms with Crippen molar-refractivity contribution in [2.24, 2.45) is 0 Å². The third kappa shape index (κ3) is 3.78. The summed E-state index contributed by atoms with van der Waals surface area (Å²) in [5.74, 6) is 0.0786. The second-order valence-electron chi connectivity index (χ2n) is 5.90. The van der Waals surface area contributed by atoms with Crippen molar-refractivity contribution in [3.05, 3.63) is 47.8 Å². The molecule has 0 unspecified atom stereocenters. The topological polar surface area (TPSA) is 72.0 Å². The normalized spacial score (nSPS) is 12.2. The van der Waals surface area contributed by atoms with Crippen molar-refractivity contribution in [1.29, 1.82) is 0 Å². The highest BCUT2D eigenvalue weighted by Gasteiger charge is 2.18. The predicted molar refractivity (Wildman–Crippen MR) is 82.7 cm³/mol. The van der Waals surface area contributed by atoms with Crippen LogP contribution < -0.4 is 4.72 Å². The van der Waals surface area contributed by atoms with Crippen molar-refractivity contribution in [3.63, 3.8) is 0 Å². The quantitative estimate of drug-likeness (QED) is 0.946. The fourth-order valence-electron chi connectivity index (χ4n) is 1.81. The number of anilines is 1. The largest absolute Gasteiger partial charge is 0.264 e. The van der Waals surface area contributed by atoms with Gasteiger partial charge in [-0.1, -0.05) is 32.9 Å². The zero-order valence-electron chi connectivity index (χ0n) is 12.6. The van der Waals surface area contributed by atoms with Crippen LogP contribution in [0.4, 0.5) is 5.95 Å². The van der Waals surface area contributed by atoms with E-state index in [1.165, 1.54) is 6.20 Å². The van der Waals surface area contributed by atoms with E-state index in [0.29, 0.717) is 5.69 Å². The molecule has 1 aromatic carbocycles. The lowest BCUT2D eigenvalue weighted by atomic mass is 9.87. The smallest absolute Gasteiger partial charge is 0.247 e. The van der Waals surface area contributed by atoms with Gasteiger partial charge < -0.3 is 0 Å². The van der Waals surface area contributed by atoms with Crippen molar-refractivity contribution < 1.29 is 8.42 Å². The van der Waals surface area contributed by atoms with Crippen LogP contribution in [0.3, 0.4) is 0 Å². The molecule has 0 bridgehead atoms. The molecule has 2 aromatic rings. The van der Waals surface area contributed by atoms with Gasteiger partial charge in [0.1, 0.15) is 0 Å². The molecule has 0 spiro atoms. The molecule has 0 saturated carbocycles. The number of aryl methyl sites for hydroxylation is 1. The molecule has 0 aliphatic carbocycles. The predicted octanol–water partition coefficient (Wildman–Crippen LogP) is 2.88. The van der Waals surface area contributed by atoms with E-state index in [2.05, 4.69) is 35.5 Å². The molecule has 1 N–H and O–H groups in total. The average molecular weight is 305 g/mol. The molecular weight excluding hydrogens is 286 g/mol. The summed E-state index contributed by atoms with van der Waals surface area (Å²) in [6.45, 7) is 8.01. The van der Waals surface area contributed by atoms with E-state index in [4.69, 9.17) is 0 Å². The molecule has 0 aliphatic heterocycles. The first-order chi connectivity index (χ1) is 9.68. The van der Waals surface area contributed by atoms with Gasteiger partial charge in [0.2, 0.25) is 5.95 Å². The molecule has 0 fully saturated rings. The lowest BCUT2D eigenvalue weighted by molar-refractivity contribution is 0.587. The molecule has 0 amide bonds. The Morgan fingerprint density at radius 3 is 2.19 bits per heavy atom. The maximum Gasteiger partial charge on any atom is 0.264 e. The van der Waals surface area contributed by atoms with E-state index in [9.17, 15) is 8.42 Å². The number of nitrogens with one attached hydrogen (secondary N) is 1. The van der Waals surface area contributed by atoms with Gasteiger partial charge in [-0.05, 0) is 36.1 Å². The summed E-state index contributed by atoms with van der Waals surface area (Å²) in [7, 11) is -3.67. The number of benzene rings is 1. The van der Waals surface area contributed by atoms with Crippen LogP contribution in [-0.2, 0) is 15.4 Å². The minimum atomic E-state index is -3.67. The lowest BCUT2D eigenvalue weighted by Gasteiger charge is -2.19. The first-order valence-electron chi connectivity index (χ1n) is 6.61. The highest BCUT2D eigenvalue weighted by atomic mass is 32.2. The van der Waals surface area contributed by atoms with E-state index < -0.39 is 10.0 Å². The van der Waals surface area contributed by atoms with E-state index in [1.807, 2.05) is 12.1 Å². The molecule has 6 heteroatoms. The molecule has 0 atom stereocenters. The summed E-state index contributed by atoms with van der Waals surface area (Å²) in [5, 5.41) is 0. The highest BCUT2D eigenvalue weighted by molar-refractivity contribution is 7.92. The van der Waals surface area contributed by atoms with Crippen LogP contribution in [0.5, 0.6) is 0 Å². The highest BCUT2D eigenvalue weighted by Crippen LogP contribution is 2.23. The van der Waals surface area contributed by atoms with Crippen LogP contribution in [0.25, 0.3) is 0 Å². The zero-order chi connectivity index (χ0) is 15.7. The lowest BCUT2D eigenvalue weighted by Crippen LogP contribution is -2.16. The first-order valence-corrected chi connectivity index (χ1v) is 8.10. The van der Waals surface area contributed by atoms with Gasteiger partial charge in [-0.2, -0.15) is 0 Å². The molecule has 112 valence electrons. The standard InChI is InChI=1S/C15H19N3O2S/c1-11-9-10-16-14(17-11)18-21(19,20)13-7-5-12(6-8-13)15(2,3)4/h5-10H,1-4H3,(H,16,17,18). The van der Waals surface area contributed by atoms with Crippen LogP contribution >= 0.6 is 0 Å². The van der Waals surface area contributed by atoms with Crippen LogP contribution in [0.15, 0.2) is 41.4 Å². The molecule has 0 saturated heterocycles. The van der Waals surface area contributed by atoms with Crippen molar-refractivity contribution in [1.82, 2.24) is 9.97 Å². The van der Waals surface area contributed by atoms with Crippen molar-refractivity contribution in [2.75, 3.05) is 4.72 Å². The summed E-state index contributed by atoms with van der Waals surface area (Å²) in [6.07, 6.45) is 1.52. The van der Waals surface area contributed by atoms with Gasteiger partial charge in [0.05, 0.1) is 4.90 Å². The molecule has 0 aliphatic rings. The van der Waals surface area contributed by atoms with E-state index in [1.54, 1.807) is 25.1 Å². The van der Waals surface area contributed by atoms with Gasteiger partial charge >= 0.3 is 0 Å². The molecule has 0 radical (unpaired) electrons. The summed E-state index contributed by atoms with van der Waals surface area (Å²) >= 11 is 0. The fourth-order valence-corrected chi connectivity index (χ4v) is 2.76. The van der Waals surface area contributed by atoms with E-state index in [-0.39, 0.29) is 16.3 Å². The van der Waals surface area contributed by atoms with Gasteiger partial charge in [-0.15, -0.1) is 0 Å². The van der Waals surface area contributed by atoms with Crippen LogP contribution in [0.1, 0.15) is 32.0 Å². The van der Waals surface area contributed by atoms with Crippen LogP contribution in [-0.4, -0.2) is 18.4 Å². The maximum absolute atomic E-state index is 12.3. The number of aromatic nitrogens is 2. The molecule has 1 heterocycles. The molecule has 21 heavy (non-hydrogen) atoms. The second-order valence-corrected chi connectivity index (χ2v) is 7.58. The molecular formula is C15H19N3O2S. The van der Waals surface area contributed by atoms with Gasteiger partial charge in [0.15, 0.2) is 0 Å². The summed E-state index contributed by atoms with van der Waals surface area (Å²) in [5.41, 5.74) is 1.76. The number of sulfonamides is 1. The SMILES string of the molecule is Cc1ccnc(NS(=O)(=O)c2ccc(C(C)(C)C)cc2)n1. The van der Waals surface area contributed by atoms with Gasteiger partial charge in [-0.3, -0.25) is 0 Å². The number of nitrogens with zero attached hydrogens (tertiary/aromatic N) is 2. The Balaban J connectivity index is 2.28. The Kier molecular flexibility index (Phi) is 4.00. The Morgan fingerprint density at radius 1 is 1.05 bits per heavy atom. The Labute approximate surface area is 125 Å². The van der Waals surface area contributed by atoms with Gasteiger partial charge in [0, 0.05) is 11.9 Å². The van der Waals surface area contributed by atoms with Gasteiger partial charge in [0.25, 0.3) is 10.0 Å². The summed E-state index contributed by atoms with van der Waals surface area (Å²) < 4.78 is 26.9. The third-order valence-electron chi connectivity index (χ3n) is 3.05. The minimum Gasteiger partial charge on any atom is -0.247 e. The Hall–Kier alpha value is -1.95. The summed E-state index contributed by atoms with van der Waals surface area (Å²) in [6, 6.07) is 8.55. The number of hydrogen-bond donors (Lipinski definition) is 1. The van der Waals surface area contributed by atoms with Crippen LogP contribution in [0.2, 0.25) is 0 Å². The second kappa shape index (κ2) is 5.44.